The predicted molar refractivity (Wildman–Crippen MR) is 64.0 cm³/mol. The molecule has 5 heteroatoms. The Balaban J connectivity index is 2.07. The van der Waals surface area contributed by atoms with Gasteiger partial charge >= 0.3 is 0 Å². The molecule has 2 rings (SSSR count). The number of ether oxygens (including phenoxy) is 1. The van der Waals surface area contributed by atoms with Crippen molar-refractivity contribution < 1.29 is 19.0 Å². The fraction of sp³-hybridized carbons (Fsp3) is 0.462. The molecule has 2 atom stereocenters. The van der Waals surface area contributed by atoms with E-state index in [4.69, 9.17) is 4.74 Å². The Morgan fingerprint density at radius 3 is 2.94 bits per heavy atom. The van der Waals surface area contributed by atoms with Crippen LogP contribution in [0.25, 0.3) is 0 Å². The molecule has 4 nitrogen and oxygen atoms in total. The third-order valence-corrected chi connectivity index (χ3v) is 3.28. The number of hydrogen-bond acceptors (Lipinski definition) is 3. The molecule has 1 aromatic carbocycles. The lowest BCUT2D eigenvalue weighted by molar-refractivity contribution is 0.0720. The van der Waals surface area contributed by atoms with Crippen molar-refractivity contribution in [3.05, 3.63) is 29.6 Å². The minimum atomic E-state index is -0.570. The number of carbonyl (C=O) groups excluding carboxylic acids is 1. The maximum absolute atomic E-state index is 12.8. The summed E-state index contributed by atoms with van der Waals surface area (Å²) in [6, 6.07) is 3.30. The average molecular weight is 253 g/mol. The van der Waals surface area contributed by atoms with E-state index >= 15 is 0 Å². The van der Waals surface area contributed by atoms with Gasteiger partial charge in [-0.2, -0.15) is 0 Å². The molecule has 0 aromatic heterocycles. The number of rotatable bonds is 3. The monoisotopic (exact) mass is 253 g/mol. The number of phenolic OH excluding ortho intramolecular Hbond substituents is 1. The fourth-order valence-electron chi connectivity index (χ4n) is 2.32. The van der Waals surface area contributed by atoms with Crippen LogP contribution in [0, 0.1) is 5.82 Å². The fourth-order valence-corrected chi connectivity index (χ4v) is 2.32. The van der Waals surface area contributed by atoms with E-state index in [1.54, 1.807) is 7.11 Å². The zero-order valence-corrected chi connectivity index (χ0v) is 10.1. The van der Waals surface area contributed by atoms with Gasteiger partial charge in [0.1, 0.15) is 11.6 Å². The summed E-state index contributed by atoms with van der Waals surface area (Å²) < 4.78 is 18.1. The van der Waals surface area contributed by atoms with Crippen LogP contribution >= 0.6 is 0 Å². The summed E-state index contributed by atoms with van der Waals surface area (Å²) in [4.78, 5) is 11.9. The Hall–Kier alpha value is -1.62. The number of nitrogens with one attached hydrogen (secondary N) is 1. The van der Waals surface area contributed by atoms with Gasteiger partial charge < -0.3 is 15.2 Å². The van der Waals surface area contributed by atoms with Crippen LogP contribution in [0.1, 0.15) is 29.6 Å². The maximum Gasteiger partial charge on any atom is 0.255 e. The summed E-state index contributed by atoms with van der Waals surface area (Å²) >= 11 is 0. The first-order valence-electron chi connectivity index (χ1n) is 5.94. The normalized spacial score (nSPS) is 23.0. The van der Waals surface area contributed by atoms with Crippen molar-refractivity contribution in [1.82, 2.24) is 5.32 Å². The van der Waals surface area contributed by atoms with Gasteiger partial charge in [-0.3, -0.25) is 4.79 Å². The van der Waals surface area contributed by atoms with Gasteiger partial charge in [-0.15, -0.1) is 0 Å². The van der Waals surface area contributed by atoms with Crippen molar-refractivity contribution in [1.29, 1.82) is 0 Å². The maximum atomic E-state index is 12.8. The third kappa shape index (κ3) is 2.61. The molecule has 0 radical (unpaired) electrons. The summed E-state index contributed by atoms with van der Waals surface area (Å²) in [6.45, 7) is 0. The molecule has 18 heavy (non-hydrogen) atoms. The van der Waals surface area contributed by atoms with Crippen LogP contribution in [0.5, 0.6) is 5.75 Å². The number of methoxy groups -OCH3 is 1. The van der Waals surface area contributed by atoms with Crippen molar-refractivity contribution in [2.45, 2.75) is 31.4 Å². The Labute approximate surface area is 105 Å². The summed E-state index contributed by atoms with van der Waals surface area (Å²) in [7, 11) is 1.62. The second-order valence-corrected chi connectivity index (χ2v) is 4.45. The quantitative estimate of drug-likeness (QED) is 0.864. The first kappa shape index (κ1) is 12.8. The van der Waals surface area contributed by atoms with Crippen molar-refractivity contribution >= 4 is 5.91 Å². The molecule has 1 saturated carbocycles. The van der Waals surface area contributed by atoms with Gasteiger partial charge in [-0.25, -0.2) is 4.39 Å². The van der Waals surface area contributed by atoms with E-state index in [0.29, 0.717) is 0 Å². The molecule has 0 bridgehead atoms. The molecule has 0 spiro atoms. The van der Waals surface area contributed by atoms with Crippen LogP contribution in [-0.2, 0) is 4.74 Å². The van der Waals surface area contributed by atoms with Crippen LogP contribution in [-0.4, -0.2) is 30.3 Å². The summed E-state index contributed by atoms with van der Waals surface area (Å²) in [5, 5.41) is 12.3. The summed E-state index contributed by atoms with van der Waals surface area (Å²) in [5.41, 5.74) is 0.0816. The molecule has 1 aliphatic rings. The van der Waals surface area contributed by atoms with Crippen molar-refractivity contribution in [2.24, 2.45) is 0 Å². The standard InChI is InChI=1S/C13H16FNO3/c1-18-12-4-2-3-10(12)15-13(17)9-6-5-8(14)7-11(9)16/h5-7,10,12,16H,2-4H2,1H3,(H,15,17). The van der Waals surface area contributed by atoms with Crippen LogP contribution in [0.15, 0.2) is 18.2 Å². The van der Waals surface area contributed by atoms with E-state index < -0.39 is 11.7 Å². The SMILES string of the molecule is COC1CCCC1NC(=O)c1ccc(F)cc1O. The summed E-state index contributed by atoms with van der Waals surface area (Å²) in [5.74, 6) is -1.32. The minimum Gasteiger partial charge on any atom is -0.507 e. The Morgan fingerprint density at radius 2 is 2.28 bits per heavy atom. The number of aromatic hydroxyl groups is 1. The minimum absolute atomic E-state index is 0.0107. The number of benzene rings is 1. The molecule has 98 valence electrons. The summed E-state index contributed by atoms with van der Waals surface area (Å²) in [6.07, 6.45) is 2.78. The van der Waals surface area contributed by atoms with Gasteiger partial charge in [0.2, 0.25) is 0 Å². The van der Waals surface area contributed by atoms with E-state index in [2.05, 4.69) is 5.32 Å². The highest BCUT2D eigenvalue weighted by molar-refractivity contribution is 5.97. The average Bonchev–Trinajstić information content (AvgIpc) is 2.76. The molecule has 1 amide bonds. The number of phenols is 1. The van der Waals surface area contributed by atoms with Gasteiger partial charge in [-0.05, 0) is 31.4 Å². The van der Waals surface area contributed by atoms with Crippen molar-refractivity contribution in [3.63, 3.8) is 0 Å². The lowest BCUT2D eigenvalue weighted by Crippen LogP contribution is -2.40. The molecule has 0 saturated heterocycles. The first-order chi connectivity index (χ1) is 8.61. The first-order valence-corrected chi connectivity index (χ1v) is 5.94. The van der Waals surface area contributed by atoms with Crippen LogP contribution in [0.2, 0.25) is 0 Å². The van der Waals surface area contributed by atoms with Gasteiger partial charge in [0, 0.05) is 13.2 Å². The molecule has 1 aromatic rings. The zero-order chi connectivity index (χ0) is 13.1. The van der Waals surface area contributed by atoms with Crippen molar-refractivity contribution in [3.8, 4) is 5.75 Å². The van der Waals surface area contributed by atoms with E-state index in [-0.39, 0.29) is 23.5 Å². The molecule has 2 N–H and O–H groups in total. The van der Waals surface area contributed by atoms with E-state index in [9.17, 15) is 14.3 Å². The van der Waals surface area contributed by atoms with Gasteiger partial charge in [0.05, 0.1) is 17.7 Å². The number of carbonyl (C=O) groups is 1. The molecule has 0 heterocycles. The zero-order valence-electron chi connectivity index (χ0n) is 10.1. The predicted octanol–water partition coefficient (Wildman–Crippen LogP) is 1.83. The molecule has 0 aliphatic heterocycles. The lowest BCUT2D eigenvalue weighted by Gasteiger charge is -2.19. The van der Waals surface area contributed by atoms with Gasteiger partial charge in [0.25, 0.3) is 5.91 Å². The number of amides is 1. The Morgan fingerprint density at radius 1 is 1.50 bits per heavy atom. The van der Waals surface area contributed by atoms with Gasteiger partial charge in [0.15, 0.2) is 0 Å². The molecule has 1 aliphatic carbocycles. The van der Waals surface area contributed by atoms with Crippen molar-refractivity contribution in [2.75, 3.05) is 7.11 Å². The van der Waals surface area contributed by atoms with E-state index in [1.807, 2.05) is 0 Å². The van der Waals surface area contributed by atoms with Crippen LogP contribution in [0.3, 0.4) is 0 Å². The lowest BCUT2D eigenvalue weighted by atomic mass is 10.1. The second kappa shape index (κ2) is 5.35. The third-order valence-electron chi connectivity index (χ3n) is 3.28. The Bertz CT molecular complexity index is 450. The second-order valence-electron chi connectivity index (χ2n) is 4.45. The number of halogens is 1. The molecule has 1 fully saturated rings. The smallest absolute Gasteiger partial charge is 0.255 e. The van der Waals surface area contributed by atoms with Crippen LogP contribution in [0.4, 0.5) is 4.39 Å². The largest absolute Gasteiger partial charge is 0.507 e. The highest BCUT2D eigenvalue weighted by Crippen LogP contribution is 2.23. The van der Waals surface area contributed by atoms with Crippen LogP contribution < -0.4 is 5.32 Å². The van der Waals surface area contributed by atoms with Gasteiger partial charge in [-0.1, -0.05) is 0 Å². The molecular formula is C13H16FNO3. The van der Waals surface area contributed by atoms with E-state index in [1.165, 1.54) is 6.07 Å². The Kier molecular flexibility index (Phi) is 3.81. The highest BCUT2D eigenvalue weighted by Gasteiger charge is 2.29. The molecular weight excluding hydrogens is 237 g/mol. The topological polar surface area (TPSA) is 58.6 Å². The highest BCUT2D eigenvalue weighted by atomic mass is 19.1. The van der Waals surface area contributed by atoms with E-state index in [0.717, 1.165) is 31.4 Å². The molecule has 2 unspecified atom stereocenters. The number of hydrogen-bond donors (Lipinski definition) is 2.